The SMILES string of the molecule is CC(C)(C)S(=O)(=O)NCCCCCNc1ccc(-c2nnnn2-c2ccccc2)cc1. The normalized spacial score (nSPS) is 12.1. The maximum atomic E-state index is 12.0. The number of rotatable bonds is 10. The maximum Gasteiger partial charge on any atom is 0.216 e. The van der Waals surface area contributed by atoms with Gasteiger partial charge in [0.05, 0.1) is 10.4 Å². The summed E-state index contributed by atoms with van der Waals surface area (Å²) in [5, 5.41) is 15.5. The van der Waals surface area contributed by atoms with E-state index in [1.165, 1.54) is 0 Å². The second-order valence-electron chi connectivity index (χ2n) is 8.32. The van der Waals surface area contributed by atoms with Crippen molar-refractivity contribution in [3.05, 3.63) is 54.6 Å². The van der Waals surface area contributed by atoms with Crippen molar-refractivity contribution in [2.45, 2.75) is 44.8 Å². The summed E-state index contributed by atoms with van der Waals surface area (Å²) >= 11 is 0. The van der Waals surface area contributed by atoms with E-state index >= 15 is 0 Å². The molecule has 3 aromatic rings. The number of hydrogen-bond donors (Lipinski definition) is 2. The monoisotopic (exact) mass is 442 g/mol. The lowest BCUT2D eigenvalue weighted by atomic mass is 10.2. The van der Waals surface area contributed by atoms with Crippen LogP contribution in [-0.2, 0) is 10.0 Å². The molecule has 8 nitrogen and oxygen atoms in total. The predicted octanol–water partition coefficient (Wildman–Crippen LogP) is 3.63. The fourth-order valence-corrected chi connectivity index (χ4v) is 3.78. The Balaban J connectivity index is 1.44. The lowest BCUT2D eigenvalue weighted by molar-refractivity contribution is 0.540. The first-order valence-electron chi connectivity index (χ1n) is 10.5. The molecule has 2 N–H and O–H groups in total. The molecular weight excluding hydrogens is 412 g/mol. The van der Waals surface area contributed by atoms with Gasteiger partial charge < -0.3 is 5.32 Å². The first-order chi connectivity index (χ1) is 14.8. The van der Waals surface area contributed by atoms with Crippen molar-refractivity contribution in [2.24, 2.45) is 0 Å². The van der Waals surface area contributed by atoms with E-state index in [-0.39, 0.29) is 0 Å². The molecular formula is C22H30N6O2S. The number of sulfonamides is 1. The number of hydrogen-bond acceptors (Lipinski definition) is 6. The van der Waals surface area contributed by atoms with Gasteiger partial charge in [-0.15, -0.1) is 5.10 Å². The average molecular weight is 443 g/mol. The molecule has 2 aromatic carbocycles. The van der Waals surface area contributed by atoms with Crippen LogP contribution in [0.3, 0.4) is 0 Å². The van der Waals surface area contributed by atoms with Gasteiger partial charge in [-0.2, -0.15) is 4.68 Å². The highest BCUT2D eigenvalue weighted by atomic mass is 32.2. The van der Waals surface area contributed by atoms with Crippen LogP contribution in [0.1, 0.15) is 40.0 Å². The van der Waals surface area contributed by atoms with E-state index in [0.717, 1.165) is 42.7 Å². The molecule has 0 unspecified atom stereocenters. The Morgan fingerprint density at radius 3 is 2.26 bits per heavy atom. The lowest BCUT2D eigenvalue weighted by Gasteiger charge is -2.19. The van der Waals surface area contributed by atoms with Crippen LogP contribution in [0.2, 0.25) is 0 Å². The first-order valence-corrected chi connectivity index (χ1v) is 11.9. The van der Waals surface area contributed by atoms with Crippen molar-refractivity contribution < 1.29 is 8.42 Å². The van der Waals surface area contributed by atoms with Crippen LogP contribution in [0.25, 0.3) is 17.1 Å². The molecule has 166 valence electrons. The summed E-state index contributed by atoms with van der Waals surface area (Å²) in [4.78, 5) is 0. The molecule has 0 radical (unpaired) electrons. The van der Waals surface area contributed by atoms with Crippen LogP contribution in [0.15, 0.2) is 54.6 Å². The summed E-state index contributed by atoms with van der Waals surface area (Å²) in [6.45, 7) is 6.41. The van der Waals surface area contributed by atoms with Crippen molar-refractivity contribution in [1.82, 2.24) is 24.9 Å². The molecule has 3 rings (SSSR count). The first kappa shape index (κ1) is 22.9. The van der Waals surface area contributed by atoms with Crippen molar-refractivity contribution in [3.63, 3.8) is 0 Å². The van der Waals surface area contributed by atoms with Gasteiger partial charge >= 0.3 is 0 Å². The zero-order valence-electron chi connectivity index (χ0n) is 18.2. The number of unbranched alkanes of at least 4 members (excludes halogenated alkanes) is 2. The van der Waals surface area contributed by atoms with Gasteiger partial charge in [-0.05, 0) is 80.4 Å². The van der Waals surface area contributed by atoms with Gasteiger partial charge in [0, 0.05) is 24.3 Å². The van der Waals surface area contributed by atoms with Crippen LogP contribution in [0.5, 0.6) is 0 Å². The smallest absolute Gasteiger partial charge is 0.216 e. The van der Waals surface area contributed by atoms with Crippen molar-refractivity contribution in [1.29, 1.82) is 0 Å². The third-order valence-electron chi connectivity index (χ3n) is 4.89. The summed E-state index contributed by atoms with van der Waals surface area (Å²) in [5.74, 6) is 0.690. The number of para-hydroxylation sites is 1. The fourth-order valence-electron chi connectivity index (χ4n) is 2.93. The number of anilines is 1. The molecule has 0 aliphatic rings. The van der Waals surface area contributed by atoms with E-state index in [0.29, 0.717) is 12.4 Å². The zero-order valence-corrected chi connectivity index (χ0v) is 19.1. The van der Waals surface area contributed by atoms with Gasteiger partial charge in [0.2, 0.25) is 10.0 Å². The largest absolute Gasteiger partial charge is 0.385 e. The van der Waals surface area contributed by atoms with Gasteiger partial charge in [-0.25, -0.2) is 13.1 Å². The number of aromatic nitrogens is 4. The molecule has 1 heterocycles. The number of tetrazole rings is 1. The van der Waals surface area contributed by atoms with Crippen LogP contribution < -0.4 is 10.0 Å². The van der Waals surface area contributed by atoms with Gasteiger partial charge in [0.1, 0.15) is 0 Å². The van der Waals surface area contributed by atoms with Crippen LogP contribution in [0.4, 0.5) is 5.69 Å². The summed E-state index contributed by atoms with van der Waals surface area (Å²) in [6.07, 6.45) is 2.73. The molecule has 0 aliphatic heterocycles. The topological polar surface area (TPSA) is 102 Å². The van der Waals surface area contributed by atoms with Crippen LogP contribution in [0, 0.1) is 0 Å². The molecule has 0 bridgehead atoms. The molecule has 0 atom stereocenters. The highest BCUT2D eigenvalue weighted by Gasteiger charge is 2.27. The van der Waals surface area contributed by atoms with E-state index in [1.54, 1.807) is 25.5 Å². The van der Waals surface area contributed by atoms with Gasteiger partial charge in [-0.1, -0.05) is 24.6 Å². The average Bonchev–Trinajstić information content (AvgIpc) is 3.23. The Kier molecular flexibility index (Phi) is 7.40. The quantitative estimate of drug-likeness (QED) is 0.465. The third kappa shape index (κ3) is 6.11. The Morgan fingerprint density at radius 1 is 0.903 bits per heavy atom. The summed E-state index contributed by atoms with van der Waals surface area (Å²) in [5.41, 5.74) is 2.87. The number of benzene rings is 2. The Bertz CT molecular complexity index is 1060. The fraction of sp³-hybridized carbons (Fsp3) is 0.409. The van der Waals surface area contributed by atoms with E-state index in [2.05, 4.69) is 25.6 Å². The van der Waals surface area contributed by atoms with Crippen molar-refractivity contribution >= 4 is 15.7 Å². The minimum Gasteiger partial charge on any atom is -0.385 e. The molecule has 1 aromatic heterocycles. The Hall–Kier alpha value is -2.78. The highest BCUT2D eigenvalue weighted by molar-refractivity contribution is 7.90. The van der Waals surface area contributed by atoms with Gasteiger partial charge in [0.15, 0.2) is 5.82 Å². The molecule has 0 spiro atoms. The number of nitrogens with zero attached hydrogens (tertiary/aromatic N) is 4. The molecule has 31 heavy (non-hydrogen) atoms. The van der Waals surface area contributed by atoms with Gasteiger partial charge in [-0.3, -0.25) is 0 Å². The molecule has 0 fully saturated rings. The summed E-state index contributed by atoms with van der Waals surface area (Å²) < 4.78 is 27.6. The second kappa shape index (κ2) is 10.0. The van der Waals surface area contributed by atoms with E-state index in [4.69, 9.17) is 0 Å². The standard InChI is InChI=1S/C22H30N6O2S/c1-22(2,3)31(29,30)24-17-9-5-8-16-23-19-14-12-18(13-15-19)21-25-26-27-28(21)20-10-6-4-7-11-20/h4,6-7,10-15,23-24H,5,8-9,16-17H2,1-3H3. The molecule has 9 heteroatoms. The molecule has 0 amide bonds. The minimum atomic E-state index is -3.26. The van der Waals surface area contributed by atoms with E-state index in [9.17, 15) is 8.42 Å². The van der Waals surface area contributed by atoms with E-state index < -0.39 is 14.8 Å². The van der Waals surface area contributed by atoms with E-state index in [1.807, 2.05) is 54.6 Å². The van der Waals surface area contributed by atoms with Crippen molar-refractivity contribution in [3.8, 4) is 17.1 Å². The van der Waals surface area contributed by atoms with Crippen LogP contribution in [-0.4, -0.2) is 46.5 Å². The lowest BCUT2D eigenvalue weighted by Crippen LogP contribution is -2.39. The third-order valence-corrected chi connectivity index (χ3v) is 7.09. The van der Waals surface area contributed by atoms with Gasteiger partial charge in [0.25, 0.3) is 0 Å². The second-order valence-corrected chi connectivity index (χ2v) is 10.8. The molecule has 0 aliphatic carbocycles. The van der Waals surface area contributed by atoms with Crippen LogP contribution >= 0.6 is 0 Å². The van der Waals surface area contributed by atoms with Crippen molar-refractivity contribution in [2.75, 3.05) is 18.4 Å². The Morgan fingerprint density at radius 2 is 1.58 bits per heavy atom. The number of nitrogens with one attached hydrogen (secondary N) is 2. The maximum absolute atomic E-state index is 12.0. The summed E-state index contributed by atoms with van der Waals surface area (Å²) in [6, 6.07) is 17.8. The summed E-state index contributed by atoms with van der Waals surface area (Å²) in [7, 11) is -3.26. The molecule has 0 saturated heterocycles. The minimum absolute atomic E-state index is 0.477. The Labute approximate surface area is 184 Å². The zero-order chi connectivity index (χ0) is 22.3. The highest BCUT2D eigenvalue weighted by Crippen LogP contribution is 2.21. The molecule has 0 saturated carbocycles. The predicted molar refractivity (Wildman–Crippen MR) is 124 cm³/mol.